The van der Waals surface area contributed by atoms with Gasteiger partial charge >= 0.3 is 0 Å². The molecule has 18 heavy (non-hydrogen) atoms. The highest BCUT2D eigenvalue weighted by molar-refractivity contribution is 6.21. The smallest absolute Gasteiger partial charge is 0.171 e. The van der Waals surface area contributed by atoms with Crippen LogP contribution in [0.3, 0.4) is 0 Å². The van der Waals surface area contributed by atoms with Gasteiger partial charge in [-0.25, -0.2) is 9.98 Å². The molecular weight excluding hydrogens is 224 g/mol. The number of nitrogens with zero attached hydrogens (tertiary/aromatic N) is 2. The lowest BCUT2D eigenvalue weighted by Crippen LogP contribution is -2.39. The lowest BCUT2D eigenvalue weighted by Gasteiger charge is -2.34. The summed E-state index contributed by atoms with van der Waals surface area (Å²) in [5.74, 6) is 0.0343. The van der Waals surface area contributed by atoms with E-state index in [1.807, 2.05) is 42.5 Å². The summed E-state index contributed by atoms with van der Waals surface area (Å²) in [5, 5.41) is 0. The van der Waals surface area contributed by atoms with E-state index in [0.717, 1.165) is 22.5 Å². The molecule has 3 aliphatic rings. The summed E-state index contributed by atoms with van der Waals surface area (Å²) in [5.41, 5.74) is 3.64. The molecule has 0 saturated heterocycles. The molecule has 3 heteroatoms. The molecule has 0 radical (unpaired) electrons. The summed E-state index contributed by atoms with van der Waals surface area (Å²) in [6, 6.07) is 7.70. The van der Waals surface area contributed by atoms with Crippen LogP contribution in [0.1, 0.15) is 15.9 Å². The number of rotatable bonds is 0. The second-order valence-electron chi connectivity index (χ2n) is 4.65. The van der Waals surface area contributed by atoms with Gasteiger partial charge in [0.2, 0.25) is 0 Å². The number of aliphatic imine (C=N–C) groups is 2. The molecule has 2 aliphatic carbocycles. The topological polar surface area (TPSA) is 41.8 Å². The maximum absolute atomic E-state index is 12.5. The molecule has 2 atom stereocenters. The molecule has 1 aliphatic heterocycles. The van der Waals surface area contributed by atoms with E-state index < -0.39 is 0 Å². The van der Waals surface area contributed by atoms with E-state index in [1.165, 1.54) is 0 Å². The third kappa shape index (κ3) is 1.11. The van der Waals surface area contributed by atoms with Crippen LogP contribution in [0.25, 0.3) is 0 Å². The van der Waals surface area contributed by atoms with Crippen molar-refractivity contribution in [2.24, 2.45) is 21.8 Å². The van der Waals surface area contributed by atoms with Gasteiger partial charge in [0.1, 0.15) is 6.34 Å². The average Bonchev–Trinajstić information content (AvgIpc) is 2.44. The minimum absolute atomic E-state index is 0.00222. The Labute approximate surface area is 104 Å². The van der Waals surface area contributed by atoms with E-state index in [1.54, 1.807) is 6.34 Å². The lowest BCUT2D eigenvalue weighted by molar-refractivity contribution is 0.0927. The third-order valence-corrected chi connectivity index (χ3v) is 3.73. The Balaban J connectivity index is 2.04. The van der Waals surface area contributed by atoms with Crippen LogP contribution >= 0.6 is 0 Å². The average molecular weight is 234 g/mol. The van der Waals surface area contributed by atoms with Gasteiger partial charge in [-0.2, -0.15) is 0 Å². The van der Waals surface area contributed by atoms with E-state index in [-0.39, 0.29) is 17.6 Å². The van der Waals surface area contributed by atoms with Crippen LogP contribution < -0.4 is 0 Å². The first-order valence-corrected chi connectivity index (χ1v) is 5.98. The SMILES string of the molecule is O=C1c2ccccc2C2=NC=NC3=CC=CC1C32. The molecule has 0 fully saturated rings. The zero-order valence-electron chi connectivity index (χ0n) is 9.58. The van der Waals surface area contributed by atoms with Crippen LogP contribution in [0, 0.1) is 11.8 Å². The number of benzene rings is 1. The molecular formula is C15H10N2O. The van der Waals surface area contributed by atoms with Crippen molar-refractivity contribution >= 4 is 17.8 Å². The molecule has 1 heterocycles. The van der Waals surface area contributed by atoms with Crippen molar-refractivity contribution in [2.45, 2.75) is 0 Å². The first-order chi connectivity index (χ1) is 8.86. The Morgan fingerprint density at radius 1 is 1.11 bits per heavy atom. The zero-order valence-corrected chi connectivity index (χ0v) is 9.58. The number of hydrogen-bond donors (Lipinski definition) is 0. The number of allylic oxidation sites excluding steroid dienone is 4. The summed E-state index contributed by atoms with van der Waals surface area (Å²) in [7, 11) is 0. The van der Waals surface area contributed by atoms with Gasteiger partial charge < -0.3 is 0 Å². The fourth-order valence-electron chi connectivity index (χ4n) is 2.92. The summed E-state index contributed by atoms with van der Waals surface area (Å²) in [6.07, 6.45) is 7.43. The van der Waals surface area contributed by atoms with Crippen molar-refractivity contribution in [1.82, 2.24) is 0 Å². The Morgan fingerprint density at radius 2 is 1.94 bits per heavy atom. The molecule has 2 unspecified atom stereocenters. The van der Waals surface area contributed by atoms with Gasteiger partial charge in [-0.15, -0.1) is 0 Å². The van der Waals surface area contributed by atoms with Gasteiger partial charge in [-0.3, -0.25) is 4.79 Å². The van der Waals surface area contributed by atoms with Gasteiger partial charge in [-0.1, -0.05) is 36.4 Å². The number of carbonyl (C=O) groups excluding carboxylic acids is 1. The molecule has 0 bridgehead atoms. The maximum atomic E-state index is 12.5. The number of fused-ring (bicyclic) bond motifs is 2. The van der Waals surface area contributed by atoms with Crippen LogP contribution in [-0.4, -0.2) is 17.8 Å². The predicted molar refractivity (Wildman–Crippen MR) is 70.0 cm³/mol. The van der Waals surface area contributed by atoms with E-state index in [4.69, 9.17) is 0 Å². The fourth-order valence-corrected chi connectivity index (χ4v) is 2.92. The summed E-state index contributed by atoms with van der Waals surface area (Å²) < 4.78 is 0. The van der Waals surface area contributed by atoms with E-state index in [9.17, 15) is 4.79 Å². The third-order valence-electron chi connectivity index (χ3n) is 3.73. The van der Waals surface area contributed by atoms with E-state index in [2.05, 4.69) is 9.98 Å². The normalized spacial score (nSPS) is 27.2. The van der Waals surface area contributed by atoms with E-state index >= 15 is 0 Å². The fraction of sp³-hybridized carbons (Fsp3) is 0.133. The van der Waals surface area contributed by atoms with Crippen LogP contribution in [0.15, 0.2) is 58.2 Å². The van der Waals surface area contributed by atoms with Crippen LogP contribution in [0.5, 0.6) is 0 Å². The van der Waals surface area contributed by atoms with Crippen LogP contribution in [0.4, 0.5) is 0 Å². The Kier molecular flexibility index (Phi) is 1.81. The lowest BCUT2D eigenvalue weighted by atomic mass is 9.70. The van der Waals surface area contributed by atoms with Crippen LogP contribution in [0.2, 0.25) is 0 Å². The largest absolute Gasteiger partial charge is 0.293 e. The first kappa shape index (κ1) is 9.71. The van der Waals surface area contributed by atoms with Crippen molar-refractivity contribution in [1.29, 1.82) is 0 Å². The van der Waals surface area contributed by atoms with Crippen molar-refractivity contribution in [2.75, 3.05) is 0 Å². The number of hydrogen-bond acceptors (Lipinski definition) is 3. The molecule has 0 amide bonds. The highest BCUT2D eigenvalue weighted by Crippen LogP contribution is 2.39. The van der Waals surface area contributed by atoms with Gasteiger partial charge in [0, 0.05) is 11.1 Å². The molecule has 4 rings (SSSR count). The highest BCUT2D eigenvalue weighted by atomic mass is 16.1. The van der Waals surface area contributed by atoms with Gasteiger partial charge in [0.15, 0.2) is 5.78 Å². The number of carbonyl (C=O) groups is 1. The van der Waals surface area contributed by atoms with Crippen LogP contribution in [-0.2, 0) is 0 Å². The Morgan fingerprint density at radius 3 is 2.83 bits per heavy atom. The Hall–Kier alpha value is -2.29. The molecule has 1 aromatic rings. The van der Waals surface area contributed by atoms with Gasteiger partial charge in [0.05, 0.1) is 23.2 Å². The second-order valence-corrected chi connectivity index (χ2v) is 4.65. The van der Waals surface area contributed by atoms with Gasteiger partial charge in [0.25, 0.3) is 0 Å². The first-order valence-electron chi connectivity index (χ1n) is 5.98. The summed E-state index contributed by atoms with van der Waals surface area (Å²) in [4.78, 5) is 21.2. The summed E-state index contributed by atoms with van der Waals surface area (Å²) >= 11 is 0. The zero-order chi connectivity index (χ0) is 12.1. The van der Waals surface area contributed by atoms with Crippen molar-refractivity contribution in [3.8, 4) is 0 Å². The maximum Gasteiger partial charge on any atom is 0.171 e. The number of ketones is 1. The molecule has 1 aromatic carbocycles. The summed E-state index contributed by atoms with van der Waals surface area (Å²) in [6.45, 7) is 0. The molecule has 0 saturated carbocycles. The highest BCUT2D eigenvalue weighted by Gasteiger charge is 2.42. The monoisotopic (exact) mass is 234 g/mol. The Bertz CT molecular complexity index is 679. The minimum atomic E-state index is -0.143. The minimum Gasteiger partial charge on any atom is -0.293 e. The van der Waals surface area contributed by atoms with Crippen molar-refractivity contribution < 1.29 is 4.79 Å². The molecule has 0 aromatic heterocycles. The van der Waals surface area contributed by atoms with Crippen molar-refractivity contribution in [3.63, 3.8) is 0 Å². The molecule has 0 spiro atoms. The van der Waals surface area contributed by atoms with E-state index in [0.29, 0.717) is 0 Å². The number of Topliss-reactive ketones (excluding diaryl/α,β-unsaturated/α-hetero) is 1. The predicted octanol–water partition coefficient (Wildman–Crippen LogP) is 2.40. The molecule has 0 N–H and O–H groups in total. The second kappa shape index (κ2) is 3.35. The van der Waals surface area contributed by atoms with Gasteiger partial charge in [-0.05, 0) is 6.08 Å². The molecule has 86 valence electrons. The van der Waals surface area contributed by atoms with Crippen molar-refractivity contribution in [3.05, 3.63) is 59.3 Å². The molecule has 3 nitrogen and oxygen atoms in total. The standard InChI is InChI=1S/C15H10N2O/c18-15-10-5-2-1-4-9(10)14-13-11(15)6-3-7-12(13)16-8-17-14/h1-8,11,13H. The quantitative estimate of drug-likeness (QED) is 0.679.